The number of hydrogen-bond acceptors (Lipinski definition) is 5. The summed E-state index contributed by atoms with van der Waals surface area (Å²) < 4.78 is 3.88. The van der Waals surface area contributed by atoms with Crippen molar-refractivity contribution < 1.29 is 0 Å². The third-order valence-electron chi connectivity index (χ3n) is 4.67. The van der Waals surface area contributed by atoms with Gasteiger partial charge in [-0.05, 0) is 43.3 Å². The van der Waals surface area contributed by atoms with Gasteiger partial charge in [0, 0.05) is 42.8 Å². The van der Waals surface area contributed by atoms with E-state index in [4.69, 9.17) is 0 Å². The van der Waals surface area contributed by atoms with Crippen LogP contribution in [0.25, 0.3) is 11.3 Å². The number of aromatic nitrogens is 5. The Kier molecular flexibility index (Phi) is 4.44. The summed E-state index contributed by atoms with van der Waals surface area (Å²) in [5.74, 6) is 0.687. The highest BCUT2D eigenvalue weighted by atomic mass is 32.1. The van der Waals surface area contributed by atoms with Crippen LogP contribution in [0.2, 0.25) is 0 Å². The van der Waals surface area contributed by atoms with E-state index in [1.54, 1.807) is 11.3 Å². The normalized spacial score (nSPS) is 16.7. The molecule has 0 radical (unpaired) electrons. The molecule has 0 aromatic carbocycles. The van der Waals surface area contributed by atoms with E-state index in [2.05, 4.69) is 49.5 Å². The van der Waals surface area contributed by atoms with Crippen LogP contribution in [0.15, 0.2) is 35.4 Å². The fourth-order valence-electron chi connectivity index (χ4n) is 3.33. The predicted octanol–water partition coefficient (Wildman–Crippen LogP) is 2.65. The van der Waals surface area contributed by atoms with Crippen molar-refractivity contribution in [2.24, 2.45) is 13.0 Å². The lowest BCUT2D eigenvalue weighted by Crippen LogP contribution is -2.34. The topological polar surface area (TPSA) is 51.8 Å². The number of hydrogen-bond donors (Lipinski definition) is 0. The molecule has 0 spiro atoms. The van der Waals surface area contributed by atoms with Crippen LogP contribution in [-0.2, 0) is 20.1 Å². The molecular formula is C17H22N6S. The van der Waals surface area contributed by atoms with Gasteiger partial charge in [0.1, 0.15) is 5.69 Å². The van der Waals surface area contributed by atoms with Crippen molar-refractivity contribution in [3.05, 3.63) is 41.0 Å². The third kappa shape index (κ3) is 3.57. The summed E-state index contributed by atoms with van der Waals surface area (Å²) in [5, 5.41) is 17.0. The first kappa shape index (κ1) is 15.5. The molecule has 1 saturated heterocycles. The molecule has 7 heteroatoms. The first-order chi connectivity index (χ1) is 11.8. The summed E-state index contributed by atoms with van der Waals surface area (Å²) in [5.41, 5.74) is 3.44. The largest absolute Gasteiger partial charge is 0.299 e. The van der Waals surface area contributed by atoms with E-state index < -0.39 is 0 Å². The van der Waals surface area contributed by atoms with Gasteiger partial charge in [0.05, 0.1) is 12.4 Å². The SMILES string of the molecule is Cn1cc(CN2CCC(Cn3cc(-c4ccsc4)nn3)CC2)cn1. The van der Waals surface area contributed by atoms with Crippen LogP contribution in [0.5, 0.6) is 0 Å². The minimum atomic E-state index is 0.687. The van der Waals surface area contributed by atoms with Crippen LogP contribution < -0.4 is 0 Å². The van der Waals surface area contributed by atoms with Gasteiger partial charge >= 0.3 is 0 Å². The summed E-state index contributed by atoms with van der Waals surface area (Å²) >= 11 is 1.69. The van der Waals surface area contributed by atoms with Crippen molar-refractivity contribution >= 4 is 11.3 Å². The van der Waals surface area contributed by atoms with E-state index in [0.29, 0.717) is 5.92 Å². The molecule has 6 nitrogen and oxygen atoms in total. The fraction of sp³-hybridized carbons (Fsp3) is 0.471. The van der Waals surface area contributed by atoms with E-state index >= 15 is 0 Å². The Labute approximate surface area is 145 Å². The van der Waals surface area contributed by atoms with E-state index in [-0.39, 0.29) is 0 Å². The Morgan fingerprint density at radius 1 is 1.25 bits per heavy atom. The van der Waals surface area contributed by atoms with E-state index in [1.165, 1.54) is 18.4 Å². The second-order valence-corrected chi connectivity index (χ2v) is 7.36. The Balaban J connectivity index is 1.29. The molecule has 3 aromatic rings. The van der Waals surface area contributed by atoms with Crippen LogP contribution in [0, 0.1) is 5.92 Å². The van der Waals surface area contributed by atoms with Gasteiger partial charge in [0.15, 0.2) is 0 Å². The van der Waals surface area contributed by atoms with Crippen molar-refractivity contribution in [3.63, 3.8) is 0 Å². The average Bonchev–Trinajstić information content (AvgIpc) is 3.31. The maximum atomic E-state index is 4.30. The summed E-state index contributed by atoms with van der Waals surface area (Å²) in [6.07, 6.45) is 8.58. The molecule has 3 aromatic heterocycles. The van der Waals surface area contributed by atoms with Gasteiger partial charge in [-0.3, -0.25) is 14.3 Å². The van der Waals surface area contributed by atoms with Gasteiger partial charge in [0.25, 0.3) is 0 Å². The van der Waals surface area contributed by atoms with Crippen LogP contribution in [0.1, 0.15) is 18.4 Å². The van der Waals surface area contributed by atoms with Crippen LogP contribution in [0.3, 0.4) is 0 Å². The maximum absolute atomic E-state index is 4.30. The Morgan fingerprint density at radius 2 is 2.12 bits per heavy atom. The predicted molar refractivity (Wildman–Crippen MR) is 94.5 cm³/mol. The molecule has 0 N–H and O–H groups in total. The van der Waals surface area contributed by atoms with Gasteiger partial charge < -0.3 is 0 Å². The van der Waals surface area contributed by atoms with Crippen molar-refractivity contribution in [1.29, 1.82) is 0 Å². The quantitative estimate of drug-likeness (QED) is 0.715. The highest BCUT2D eigenvalue weighted by molar-refractivity contribution is 7.08. The molecule has 0 atom stereocenters. The molecule has 0 saturated carbocycles. The van der Waals surface area contributed by atoms with E-state index in [9.17, 15) is 0 Å². The Hall–Kier alpha value is -1.99. The number of likely N-dealkylation sites (tertiary alicyclic amines) is 1. The molecule has 1 fully saturated rings. The van der Waals surface area contributed by atoms with Crippen molar-refractivity contribution in [3.8, 4) is 11.3 Å². The zero-order chi connectivity index (χ0) is 16.4. The zero-order valence-corrected chi connectivity index (χ0v) is 14.7. The molecule has 1 aliphatic rings. The molecule has 4 heterocycles. The molecule has 24 heavy (non-hydrogen) atoms. The molecule has 0 bridgehead atoms. The number of aryl methyl sites for hydroxylation is 1. The second-order valence-electron chi connectivity index (χ2n) is 6.58. The summed E-state index contributed by atoms with van der Waals surface area (Å²) in [4.78, 5) is 2.52. The van der Waals surface area contributed by atoms with Gasteiger partial charge in [-0.1, -0.05) is 5.21 Å². The summed E-state index contributed by atoms with van der Waals surface area (Å²) in [7, 11) is 1.97. The molecule has 126 valence electrons. The van der Waals surface area contributed by atoms with Crippen LogP contribution in [-0.4, -0.2) is 42.8 Å². The first-order valence-electron chi connectivity index (χ1n) is 8.39. The third-order valence-corrected chi connectivity index (χ3v) is 5.36. The van der Waals surface area contributed by atoms with Crippen molar-refractivity contribution in [2.45, 2.75) is 25.9 Å². The zero-order valence-electron chi connectivity index (χ0n) is 13.9. The smallest absolute Gasteiger partial charge is 0.113 e. The molecular weight excluding hydrogens is 320 g/mol. The summed E-state index contributed by atoms with van der Waals surface area (Å²) in [6, 6.07) is 2.09. The number of thiophene rings is 1. The number of nitrogens with zero attached hydrogens (tertiary/aromatic N) is 6. The van der Waals surface area contributed by atoms with Crippen molar-refractivity contribution in [1.82, 2.24) is 29.7 Å². The molecule has 0 amide bonds. The van der Waals surface area contributed by atoms with Gasteiger partial charge in [-0.15, -0.1) is 5.10 Å². The van der Waals surface area contributed by atoms with Crippen LogP contribution in [0.4, 0.5) is 0 Å². The lowest BCUT2D eigenvalue weighted by molar-refractivity contribution is 0.164. The number of rotatable bonds is 5. The van der Waals surface area contributed by atoms with Gasteiger partial charge in [-0.25, -0.2) is 0 Å². The molecule has 1 aliphatic heterocycles. The maximum Gasteiger partial charge on any atom is 0.113 e. The monoisotopic (exact) mass is 342 g/mol. The standard InChI is InChI=1S/C17H22N6S/c1-21-9-15(8-18-21)10-22-5-2-14(3-6-22)11-23-12-17(19-20-23)16-4-7-24-13-16/h4,7-9,12-14H,2-3,5-6,10-11H2,1H3. The van der Waals surface area contributed by atoms with Crippen LogP contribution >= 0.6 is 11.3 Å². The van der Waals surface area contributed by atoms with E-state index in [0.717, 1.165) is 37.4 Å². The fourth-order valence-corrected chi connectivity index (χ4v) is 3.98. The Bertz CT molecular complexity index is 767. The van der Waals surface area contributed by atoms with Crippen molar-refractivity contribution in [2.75, 3.05) is 13.1 Å². The number of piperidine rings is 1. The Morgan fingerprint density at radius 3 is 2.83 bits per heavy atom. The highest BCUT2D eigenvalue weighted by Gasteiger charge is 2.20. The molecule has 4 rings (SSSR count). The highest BCUT2D eigenvalue weighted by Crippen LogP contribution is 2.22. The minimum Gasteiger partial charge on any atom is -0.299 e. The molecule has 0 aliphatic carbocycles. The minimum absolute atomic E-state index is 0.687. The van der Waals surface area contributed by atoms with Gasteiger partial charge in [0.2, 0.25) is 0 Å². The second kappa shape index (κ2) is 6.86. The summed E-state index contributed by atoms with van der Waals surface area (Å²) in [6.45, 7) is 4.27. The first-order valence-corrected chi connectivity index (χ1v) is 9.33. The average molecular weight is 342 g/mol. The lowest BCUT2D eigenvalue weighted by Gasteiger charge is -2.31. The van der Waals surface area contributed by atoms with E-state index in [1.807, 2.05) is 22.6 Å². The lowest BCUT2D eigenvalue weighted by atomic mass is 9.96. The van der Waals surface area contributed by atoms with Gasteiger partial charge in [-0.2, -0.15) is 16.4 Å². The molecule has 0 unspecified atom stereocenters.